The minimum Gasteiger partial charge on any atom is -0.384 e. The van der Waals surface area contributed by atoms with Crippen LogP contribution in [0, 0.1) is 24.2 Å². The van der Waals surface area contributed by atoms with Crippen LogP contribution in [0.4, 0.5) is 0 Å². The van der Waals surface area contributed by atoms with E-state index >= 15 is 0 Å². The molecular weight excluding hydrogens is 224 g/mol. The van der Waals surface area contributed by atoms with Crippen molar-refractivity contribution in [2.45, 2.75) is 19.9 Å². The number of rotatable bonds is 4. The van der Waals surface area contributed by atoms with Gasteiger partial charge in [-0.25, -0.2) is 0 Å². The van der Waals surface area contributed by atoms with Crippen LogP contribution in [-0.4, -0.2) is 31.7 Å². The third-order valence-electron chi connectivity index (χ3n) is 3.64. The van der Waals surface area contributed by atoms with Crippen LogP contribution in [0.15, 0.2) is 18.2 Å². The Labute approximate surface area is 109 Å². The Morgan fingerprint density at radius 3 is 3.00 bits per heavy atom. The first kappa shape index (κ1) is 13.1. The SMILES string of the molecule is COCC1CCN(Cc2ccc(C#N)cc2C)C1. The predicted molar refractivity (Wildman–Crippen MR) is 71.2 cm³/mol. The second kappa shape index (κ2) is 5.99. The Morgan fingerprint density at radius 1 is 1.50 bits per heavy atom. The molecule has 0 spiro atoms. The van der Waals surface area contributed by atoms with E-state index in [-0.39, 0.29) is 0 Å². The van der Waals surface area contributed by atoms with Crippen LogP contribution in [-0.2, 0) is 11.3 Å². The van der Waals surface area contributed by atoms with Crippen LogP contribution in [0.1, 0.15) is 23.1 Å². The molecule has 1 aliphatic heterocycles. The van der Waals surface area contributed by atoms with Crippen LogP contribution in [0.5, 0.6) is 0 Å². The Morgan fingerprint density at radius 2 is 2.33 bits per heavy atom. The first-order valence-electron chi connectivity index (χ1n) is 6.44. The van der Waals surface area contributed by atoms with Gasteiger partial charge in [-0.2, -0.15) is 5.26 Å². The number of nitriles is 1. The summed E-state index contributed by atoms with van der Waals surface area (Å²) in [5.74, 6) is 0.675. The zero-order chi connectivity index (χ0) is 13.0. The Bertz CT molecular complexity index is 450. The van der Waals surface area contributed by atoms with Crippen molar-refractivity contribution >= 4 is 0 Å². The van der Waals surface area contributed by atoms with Crippen molar-refractivity contribution in [2.24, 2.45) is 5.92 Å². The summed E-state index contributed by atoms with van der Waals surface area (Å²) < 4.78 is 5.22. The molecule has 0 aromatic heterocycles. The fourth-order valence-corrected chi connectivity index (χ4v) is 2.61. The van der Waals surface area contributed by atoms with Crippen molar-refractivity contribution in [3.63, 3.8) is 0 Å². The molecule has 1 aromatic rings. The molecule has 0 amide bonds. The van der Waals surface area contributed by atoms with Crippen molar-refractivity contribution in [3.8, 4) is 6.07 Å². The maximum Gasteiger partial charge on any atom is 0.0991 e. The number of likely N-dealkylation sites (tertiary alicyclic amines) is 1. The fourth-order valence-electron chi connectivity index (χ4n) is 2.61. The van der Waals surface area contributed by atoms with Crippen LogP contribution < -0.4 is 0 Å². The van der Waals surface area contributed by atoms with Crippen molar-refractivity contribution in [3.05, 3.63) is 34.9 Å². The number of ether oxygens (including phenoxy) is 1. The molecule has 2 rings (SSSR count). The highest BCUT2D eigenvalue weighted by Crippen LogP contribution is 2.20. The standard InChI is InChI=1S/C15H20N2O/c1-12-7-13(8-16)3-4-15(12)10-17-6-5-14(9-17)11-18-2/h3-4,7,14H,5-6,9-11H2,1-2H3. The van der Waals surface area contributed by atoms with Gasteiger partial charge < -0.3 is 4.74 Å². The molecule has 0 aliphatic carbocycles. The highest BCUT2D eigenvalue weighted by Gasteiger charge is 2.22. The topological polar surface area (TPSA) is 36.3 Å². The van der Waals surface area contributed by atoms with Gasteiger partial charge >= 0.3 is 0 Å². The summed E-state index contributed by atoms with van der Waals surface area (Å²) in [5.41, 5.74) is 3.28. The minimum atomic E-state index is 0.675. The quantitative estimate of drug-likeness (QED) is 0.815. The lowest BCUT2D eigenvalue weighted by molar-refractivity contribution is 0.152. The molecule has 96 valence electrons. The highest BCUT2D eigenvalue weighted by atomic mass is 16.5. The lowest BCUT2D eigenvalue weighted by Gasteiger charge is -2.17. The van der Waals surface area contributed by atoms with E-state index in [0.29, 0.717) is 5.92 Å². The van der Waals surface area contributed by atoms with Gasteiger partial charge in [0.1, 0.15) is 0 Å². The number of aryl methyl sites for hydroxylation is 1. The maximum absolute atomic E-state index is 8.86. The van der Waals surface area contributed by atoms with Gasteiger partial charge in [0.2, 0.25) is 0 Å². The molecule has 1 aromatic carbocycles. The molecule has 1 atom stereocenters. The van der Waals surface area contributed by atoms with E-state index in [0.717, 1.165) is 31.8 Å². The second-order valence-electron chi connectivity index (χ2n) is 5.10. The summed E-state index contributed by atoms with van der Waals surface area (Å²) >= 11 is 0. The van der Waals surface area contributed by atoms with Crippen molar-refractivity contribution < 1.29 is 4.74 Å². The average molecular weight is 244 g/mol. The lowest BCUT2D eigenvalue weighted by Crippen LogP contribution is -2.21. The number of benzene rings is 1. The van der Waals surface area contributed by atoms with Crippen LogP contribution in [0.2, 0.25) is 0 Å². The predicted octanol–water partition coefficient (Wildman–Crippen LogP) is 2.33. The fraction of sp³-hybridized carbons (Fsp3) is 0.533. The van der Waals surface area contributed by atoms with Crippen molar-refractivity contribution in [1.29, 1.82) is 5.26 Å². The first-order chi connectivity index (χ1) is 8.72. The number of methoxy groups -OCH3 is 1. The summed E-state index contributed by atoms with van der Waals surface area (Å²) in [7, 11) is 1.77. The molecule has 3 heteroatoms. The lowest BCUT2D eigenvalue weighted by atomic mass is 10.1. The van der Waals surface area contributed by atoms with E-state index in [1.54, 1.807) is 7.11 Å². The van der Waals surface area contributed by atoms with E-state index in [1.165, 1.54) is 17.5 Å². The van der Waals surface area contributed by atoms with Gasteiger partial charge in [-0.15, -0.1) is 0 Å². The number of hydrogen-bond donors (Lipinski definition) is 0. The summed E-state index contributed by atoms with van der Waals surface area (Å²) in [5, 5.41) is 8.86. The minimum absolute atomic E-state index is 0.675. The van der Waals surface area contributed by atoms with Gasteiger partial charge in [0.25, 0.3) is 0 Å². The molecule has 0 bridgehead atoms. The summed E-state index contributed by atoms with van der Waals surface area (Å²) in [6.07, 6.45) is 1.23. The molecule has 0 saturated carbocycles. The molecule has 1 heterocycles. The maximum atomic E-state index is 8.86. The molecule has 1 unspecified atom stereocenters. The van der Waals surface area contributed by atoms with E-state index in [9.17, 15) is 0 Å². The van der Waals surface area contributed by atoms with Gasteiger partial charge in [-0.3, -0.25) is 4.90 Å². The zero-order valence-corrected chi connectivity index (χ0v) is 11.1. The Hall–Kier alpha value is -1.37. The van der Waals surface area contributed by atoms with Gasteiger partial charge in [0, 0.05) is 20.2 Å². The molecule has 1 saturated heterocycles. The normalized spacial score (nSPS) is 19.9. The Balaban J connectivity index is 1.96. The Kier molecular flexibility index (Phi) is 4.35. The molecule has 1 aliphatic rings. The largest absolute Gasteiger partial charge is 0.384 e. The molecule has 0 radical (unpaired) electrons. The summed E-state index contributed by atoms with van der Waals surface area (Å²) in [6.45, 7) is 6.19. The molecule has 3 nitrogen and oxygen atoms in total. The number of hydrogen-bond acceptors (Lipinski definition) is 3. The van der Waals surface area contributed by atoms with E-state index in [4.69, 9.17) is 10.00 Å². The van der Waals surface area contributed by atoms with Gasteiger partial charge in [0.05, 0.1) is 18.2 Å². The van der Waals surface area contributed by atoms with E-state index < -0.39 is 0 Å². The van der Waals surface area contributed by atoms with Crippen LogP contribution in [0.3, 0.4) is 0 Å². The number of nitrogens with zero attached hydrogens (tertiary/aromatic N) is 2. The van der Waals surface area contributed by atoms with Crippen molar-refractivity contribution in [1.82, 2.24) is 4.90 Å². The molecule has 18 heavy (non-hydrogen) atoms. The molecular formula is C15H20N2O. The van der Waals surface area contributed by atoms with Crippen molar-refractivity contribution in [2.75, 3.05) is 26.8 Å². The van der Waals surface area contributed by atoms with Crippen LogP contribution in [0.25, 0.3) is 0 Å². The van der Waals surface area contributed by atoms with E-state index in [1.807, 2.05) is 12.1 Å². The average Bonchev–Trinajstić information content (AvgIpc) is 2.80. The van der Waals surface area contributed by atoms with Crippen LogP contribution >= 0.6 is 0 Å². The third-order valence-corrected chi connectivity index (χ3v) is 3.64. The van der Waals surface area contributed by atoms with Gasteiger partial charge in [-0.05, 0) is 49.1 Å². The summed E-state index contributed by atoms with van der Waals surface area (Å²) in [6, 6.07) is 8.14. The van der Waals surface area contributed by atoms with Gasteiger partial charge in [0.15, 0.2) is 0 Å². The first-order valence-corrected chi connectivity index (χ1v) is 6.44. The second-order valence-corrected chi connectivity index (χ2v) is 5.10. The van der Waals surface area contributed by atoms with E-state index in [2.05, 4.69) is 24.0 Å². The third kappa shape index (κ3) is 3.10. The highest BCUT2D eigenvalue weighted by molar-refractivity contribution is 5.37. The molecule has 1 fully saturated rings. The smallest absolute Gasteiger partial charge is 0.0991 e. The summed E-state index contributed by atoms with van der Waals surface area (Å²) in [4.78, 5) is 2.47. The monoisotopic (exact) mass is 244 g/mol. The molecule has 0 N–H and O–H groups in total. The van der Waals surface area contributed by atoms with Gasteiger partial charge in [-0.1, -0.05) is 6.07 Å². The zero-order valence-electron chi connectivity index (χ0n) is 11.1.